The number of carboxylic acids is 1. The molecule has 0 spiro atoms. The Morgan fingerprint density at radius 1 is 1.40 bits per heavy atom. The van der Waals surface area contributed by atoms with Gasteiger partial charge < -0.3 is 9.84 Å². The number of aliphatic carboxylic acids is 1. The van der Waals surface area contributed by atoms with Gasteiger partial charge in [0.2, 0.25) is 0 Å². The molecule has 15 heavy (non-hydrogen) atoms. The van der Waals surface area contributed by atoms with Crippen LogP contribution in [-0.4, -0.2) is 24.2 Å². The minimum atomic E-state index is -0.768. The molecule has 1 aliphatic carbocycles. The fourth-order valence-electron chi connectivity index (χ4n) is 2.43. The monoisotopic (exact) mass is 214 g/mol. The standard InChI is InChI=1S/C11H18O4/c1-8(9(12)15-2)7-11(10(13)14)5-3-4-6-11/h8H,3-7H2,1-2H3,(H,13,14)/t8-/m1/s1. The second kappa shape index (κ2) is 4.64. The van der Waals surface area contributed by atoms with Gasteiger partial charge in [-0.3, -0.25) is 9.59 Å². The topological polar surface area (TPSA) is 63.6 Å². The number of hydrogen-bond donors (Lipinski definition) is 1. The van der Waals surface area contributed by atoms with Crippen LogP contribution in [0.5, 0.6) is 0 Å². The van der Waals surface area contributed by atoms with Gasteiger partial charge >= 0.3 is 11.9 Å². The Hall–Kier alpha value is -1.06. The first kappa shape index (κ1) is 12.0. The summed E-state index contributed by atoms with van der Waals surface area (Å²) in [6.07, 6.45) is 3.66. The van der Waals surface area contributed by atoms with Crippen LogP contribution in [0, 0.1) is 11.3 Å². The first-order valence-corrected chi connectivity index (χ1v) is 5.33. The van der Waals surface area contributed by atoms with Crippen molar-refractivity contribution in [3.05, 3.63) is 0 Å². The average molecular weight is 214 g/mol. The molecule has 0 heterocycles. The molecule has 1 N–H and O–H groups in total. The Labute approximate surface area is 89.6 Å². The van der Waals surface area contributed by atoms with Gasteiger partial charge in [0.25, 0.3) is 0 Å². The minimum absolute atomic E-state index is 0.317. The molecule has 0 aromatic heterocycles. The predicted octanol–water partition coefficient (Wildman–Crippen LogP) is 1.83. The van der Waals surface area contributed by atoms with Crippen molar-refractivity contribution in [2.45, 2.75) is 39.0 Å². The summed E-state index contributed by atoms with van der Waals surface area (Å²) in [6, 6.07) is 0. The molecule has 0 bridgehead atoms. The summed E-state index contributed by atoms with van der Waals surface area (Å²) in [7, 11) is 1.33. The summed E-state index contributed by atoms with van der Waals surface area (Å²) in [5.41, 5.74) is -0.687. The van der Waals surface area contributed by atoms with E-state index in [0.29, 0.717) is 19.3 Å². The van der Waals surface area contributed by atoms with Gasteiger partial charge in [0, 0.05) is 0 Å². The molecular weight excluding hydrogens is 196 g/mol. The Kier molecular flexibility index (Phi) is 3.72. The van der Waals surface area contributed by atoms with Crippen molar-refractivity contribution in [3.8, 4) is 0 Å². The summed E-state index contributed by atoms with van der Waals surface area (Å²) >= 11 is 0. The minimum Gasteiger partial charge on any atom is -0.481 e. The molecule has 0 radical (unpaired) electrons. The maximum Gasteiger partial charge on any atom is 0.309 e. The van der Waals surface area contributed by atoms with Crippen molar-refractivity contribution >= 4 is 11.9 Å². The molecular formula is C11H18O4. The van der Waals surface area contributed by atoms with Crippen molar-refractivity contribution < 1.29 is 19.4 Å². The fraction of sp³-hybridized carbons (Fsp3) is 0.818. The second-order valence-electron chi connectivity index (χ2n) is 4.42. The van der Waals surface area contributed by atoms with E-state index in [2.05, 4.69) is 4.74 Å². The van der Waals surface area contributed by atoms with Gasteiger partial charge in [-0.1, -0.05) is 19.8 Å². The number of esters is 1. The summed E-state index contributed by atoms with van der Waals surface area (Å²) in [6.45, 7) is 1.73. The van der Waals surface area contributed by atoms with Crippen LogP contribution < -0.4 is 0 Å². The van der Waals surface area contributed by atoms with Crippen LogP contribution in [0.1, 0.15) is 39.0 Å². The summed E-state index contributed by atoms with van der Waals surface area (Å²) in [5, 5.41) is 9.22. The molecule has 4 nitrogen and oxygen atoms in total. The number of carbonyl (C=O) groups excluding carboxylic acids is 1. The summed E-state index contributed by atoms with van der Waals surface area (Å²) < 4.78 is 4.62. The van der Waals surface area contributed by atoms with E-state index in [1.807, 2.05) is 0 Å². The van der Waals surface area contributed by atoms with Gasteiger partial charge in [-0.25, -0.2) is 0 Å². The smallest absolute Gasteiger partial charge is 0.309 e. The fourth-order valence-corrected chi connectivity index (χ4v) is 2.43. The van der Waals surface area contributed by atoms with Crippen molar-refractivity contribution in [1.29, 1.82) is 0 Å². The van der Waals surface area contributed by atoms with Gasteiger partial charge in [0.05, 0.1) is 18.4 Å². The van der Waals surface area contributed by atoms with Crippen LogP contribution in [-0.2, 0) is 14.3 Å². The number of ether oxygens (including phenoxy) is 1. The molecule has 1 atom stereocenters. The van der Waals surface area contributed by atoms with E-state index in [1.165, 1.54) is 7.11 Å². The summed E-state index contributed by atoms with van der Waals surface area (Å²) in [5.74, 6) is -1.41. The van der Waals surface area contributed by atoms with E-state index in [9.17, 15) is 14.7 Å². The van der Waals surface area contributed by atoms with Crippen LogP contribution in [0.4, 0.5) is 0 Å². The lowest BCUT2D eigenvalue weighted by Gasteiger charge is -2.26. The lowest BCUT2D eigenvalue weighted by molar-refractivity contribution is -0.153. The van der Waals surface area contributed by atoms with Gasteiger partial charge in [-0.15, -0.1) is 0 Å². The SMILES string of the molecule is COC(=O)[C@H](C)CC1(C(=O)O)CCCC1. The van der Waals surface area contributed by atoms with Crippen LogP contribution in [0.2, 0.25) is 0 Å². The van der Waals surface area contributed by atoms with Crippen LogP contribution in [0.3, 0.4) is 0 Å². The van der Waals surface area contributed by atoms with Crippen molar-refractivity contribution in [2.75, 3.05) is 7.11 Å². The largest absolute Gasteiger partial charge is 0.481 e. The molecule has 4 heteroatoms. The van der Waals surface area contributed by atoms with E-state index < -0.39 is 11.4 Å². The number of hydrogen-bond acceptors (Lipinski definition) is 3. The molecule has 0 aliphatic heterocycles. The van der Waals surface area contributed by atoms with Crippen molar-refractivity contribution in [1.82, 2.24) is 0 Å². The first-order chi connectivity index (χ1) is 7.02. The molecule has 0 saturated heterocycles. The molecule has 86 valence electrons. The Morgan fingerprint density at radius 3 is 2.33 bits per heavy atom. The lowest BCUT2D eigenvalue weighted by atomic mass is 9.78. The van der Waals surface area contributed by atoms with E-state index in [0.717, 1.165) is 12.8 Å². The predicted molar refractivity (Wildman–Crippen MR) is 54.3 cm³/mol. The van der Waals surface area contributed by atoms with E-state index in [4.69, 9.17) is 0 Å². The third-order valence-corrected chi connectivity index (χ3v) is 3.31. The van der Waals surface area contributed by atoms with Crippen LogP contribution in [0.25, 0.3) is 0 Å². The van der Waals surface area contributed by atoms with E-state index in [-0.39, 0.29) is 11.9 Å². The Balaban J connectivity index is 2.67. The normalized spacial score (nSPS) is 20.9. The zero-order chi connectivity index (χ0) is 11.5. The molecule has 0 aromatic carbocycles. The maximum atomic E-state index is 11.2. The third kappa shape index (κ3) is 2.49. The highest BCUT2D eigenvalue weighted by molar-refractivity contribution is 5.77. The van der Waals surface area contributed by atoms with Crippen LogP contribution >= 0.6 is 0 Å². The highest BCUT2D eigenvalue weighted by Crippen LogP contribution is 2.43. The molecule has 0 aromatic rings. The first-order valence-electron chi connectivity index (χ1n) is 5.33. The highest BCUT2D eigenvalue weighted by Gasteiger charge is 2.43. The Morgan fingerprint density at radius 2 is 1.93 bits per heavy atom. The zero-order valence-corrected chi connectivity index (χ0v) is 9.28. The molecule has 0 unspecified atom stereocenters. The number of methoxy groups -OCH3 is 1. The maximum absolute atomic E-state index is 11.2. The number of carbonyl (C=O) groups is 2. The van der Waals surface area contributed by atoms with Gasteiger partial charge in [-0.2, -0.15) is 0 Å². The molecule has 0 amide bonds. The van der Waals surface area contributed by atoms with E-state index >= 15 is 0 Å². The zero-order valence-electron chi connectivity index (χ0n) is 9.28. The molecule has 1 fully saturated rings. The van der Waals surface area contributed by atoms with Gasteiger partial charge in [0.1, 0.15) is 0 Å². The van der Waals surface area contributed by atoms with Gasteiger partial charge in [-0.05, 0) is 19.3 Å². The molecule has 1 saturated carbocycles. The molecule has 1 rings (SSSR count). The Bertz CT molecular complexity index is 253. The quantitative estimate of drug-likeness (QED) is 0.725. The number of carboxylic acid groups (broad SMARTS) is 1. The second-order valence-corrected chi connectivity index (χ2v) is 4.42. The number of rotatable bonds is 4. The van der Waals surface area contributed by atoms with Crippen molar-refractivity contribution in [3.63, 3.8) is 0 Å². The molecule has 1 aliphatic rings. The lowest BCUT2D eigenvalue weighted by Crippen LogP contribution is -2.32. The third-order valence-electron chi connectivity index (χ3n) is 3.31. The van der Waals surface area contributed by atoms with Crippen molar-refractivity contribution in [2.24, 2.45) is 11.3 Å². The highest BCUT2D eigenvalue weighted by atomic mass is 16.5. The average Bonchev–Trinajstić information content (AvgIpc) is 2.66. The summed E-state index contributed by atoms with van der Waals surface area (Å²) in [4.78, 5) is 22.5. The van der Waals surface area contributed by atoms with E-state index in [1.54, 1.807) is 6.92 Å². The van der Waals surface area contributed by atoms with Crippen LogP contribution in [0.15, 0.2) is 0 Å². The van der Waals surface area contributed by atoms with Gasteiger partial charge in [0.15, 0.2) is 0 Å².